The average Bonchev–Trinajstić information content (AvgIpc) is 2.54. The molecular weight excluding hydrogens is 316 g/mol. The Morgan fingerprint density at radius 2 is 2.00 bits per heavy atom. The molecule has 8 heteroatoms. The first-order valence-corrected chi connectivity index (χ1v) is 7.35. The molecule has 0 saturated carbocycles. The average molecular weight is 329 g/mol. The largest absolute Gasteiger partial charge is 0.338 e. The molecule has 3 aromatic heterocycles. The Hall–Kier alpha value is -2.80. The topological polar surface area (TPSA) is 92.7 Å². The van der Waals surface area contributed by atoms with E-state index in [1.165, 1.54) is 0 Å². The number of hydrogen-bond donors (Lipinski definition) is 2. The van der Waals surface area contributed by atoms with Gasteiger partial charge in [0.2, 0.25) is 0 Å². The lowest BCUT2D eigenvalue weighted by Gasteiger charge is -2.06. The molecule has 3 heterocycles. The van der Waals surface area contributed by atoms with Crippen molar-refractivity contribution in [1.29, 1.82) is 0 Å². The number of amides is 2. The lowest BCUT2D eigenvalue weighted by molar-refractivity contribution is 0.252. The van der Waals surface area contributed by atoms with E-state index in [-0.39, 0.29) is 6.03 Å². The molecule has 0 saturated heterocycles. The van der Waals surface area contributed by atoms with Gasteiger partial charge in [0.05, 0.1) is 11.9 Å². The fourth-order valence-corrected chi connectivity index (χ4v) is 2.13. The highest BCUT2D eigenvalue weighted by Crippen LogP contribution is 2.19. The molecule has 0 aromatic carbocycles. The smallest absolute Gasteiger partial charge is 0.320 e. The summed E-state index contributed by atoms with van der Waals surface area (Å²) in [5.74, 6) is 0.397. The Kier molecular flexibility index (Phi) is 4.29. The number of halogens is 1. The van der Waals surface area contributed by atoms with Crippen LogP contribution >= 0.6 is 11.6 Å². The van der Waals surface area contributed by atoms with Crippen LogP contribution in [-0.2, 0) is 0 Å². The maximum absolute atomic E-state index is 11.6. The zero-order valence-electron chi connectivity index (χ0n) is 12.2. The van der Waals surface area contributed by atoms with E-state index in [2.05, 4.69) is 30.6 Å². The summed E-state index contributed by atoms with van der Waals surface area (Å²) in [6.45, 7) is 2.37. The van der Waals surface area contributed by atoms with Crippen molar-refractivity contribution in [2.24, 2.45) is 0 Å². The van der Waals surface area contributed by atoms with Gasteiger partial charge in [0.1, 0.15) is 22.2 Å². The van der Waals surface area contributed by atoms with Gasteiger partial charge in [-0.3, -0.25) is 10.3 Å². The van der Waals surface area contributed by atoms with E-state index in [1.807, 2.05) is 6.92 Å². The maximum atomic E-state index is 11.6. The van der Waals surface area contributed by atoms with E-state index in [0.29, 0.717) is 40.1 Å². The summed E-state index contributed by atoms with van der Waals surface area (Å²) in [7, 11) is 0. The molecule has 7 nitrogen and oxygen atoms in total. The lowest BCUT2D eigenvalue weighted by Crippen LogP contribution is -2.28. The fourth-order valence-electron chi connectivity index (χ4n) is 1.96. The third kappa shape index (κ3) is 3.51. The van der Waals surface area contributed by atoms with Gasteiger partial charge in [-0.05, 0) is 31.2 Å². The monoisotopic (exact) mass is 328 g/mol. The van der Waals surface area contributed by atoms with Crippen LogP contribution in [0.4, 0.5) is 10.6 Å². The van der Waals surface area contributed by atoms with Crippen molar-refractivity contribution in [3.8, 4) is 11.4 Å². The Morgan fingerprint density at radius 1 is 1.13 bits per heavy atom. The van der Waals surface area contributed by atoms with E-state index < -0.39 is 0 Å². The first-order chi connectivity index (χ1) is 11.2. The molecule has 0 atom stereocenters. The number of rotatable bonds is 3. The Labute approximate surface area is 137 Å². The van der Waals surface area contributed by atoms with Crippen molar-refractivity contribution in [3.63, 3.8) is 0 Å². The Balaban J connectivity index is 1.96. The van der Waals surface area contributed by atoms with Crippen molar-refractivity contribution in [2.45, 2.75) is 6.92 Å². The fraction of sp³-hybridized carbons (Fsp3) is 0.133. The third-order valence-electron chi connectivity index (χ3n) is 2.96. The summed E-state index contributed by atoms with van der Waals surface area (Å²) < 4.78 is 0. The molecule has 3 aromatic rings. The summed E-state index contributed by atoms with van der Waals surface area (Å²) >= 11 is 5.90. The number of carbonyl (C=O) groups excluding carboxylic acids is 1. The molecule has 116 valence electrons. The molecule has 0 aliphatic carbocycles. The number of hydrogen-bond acceptors (Lipinski definition) is 5. The van der Waals surface area contributed by atoms with Crippen LogP contribution in [0.3, 0.4) is 0 Å². The molecule has 2 amide bonds. The molecule has 0 bridgehead atoms. The molecule has 0 aliphatic heterocycles. The van der Waals surface area contributed by atoms with Gasteiger partial charge >= 0.3 is 6.03 Å². The number of anilines is 1. The third-order valence-corrected chi connectivity index (χ3v) is 3.17. The molecule has 0 unspecified atom stereocenters. The normalized spacial score (nSPS) is 10.5. The number of carbonyl (C=O) groups is 1. The minimum Gasteiger partial charge on any atom is -0.338 e. The number of urea groups is 1. The van der Waals surface area contributed by atoms with E-state index in [0.717, 1.165) is 0 Å². The maximum Gasteiger partial charge on any atom is 0.320 e. The molecule has 0 spiro atoms. The van der Waals surface area contributed by atoms with Crippen molar-refractivity contribution in [3.05, 3.63) is 41.7 Å². The highest BCUT2D eigenvalue weighted by molar-refractivity contribution is 6.29. The van der Waals surface area contributed by atoms with Crippen LogP contribution < -0.4 is 10.6 Å². The SMILES string of the molecule is CCNC(=O)Nc1ccc2ncc(-c3cccc(Cl)n3)nc2n1. The summed E-state index contributed by atoms with van der Waals surface area (Å²) in [6, 6.07) is 8.36. The highest BCUT2D eigenvalue weighted by Gasteiger charge is 2.08. The number of pyridine rings is 2. The molecule has 3 rings (SSSR count). The predicted octanol–water partition coefficient (Wildman–Crippen LogP) is 2.88. The van der Waals surface area contributed by atoms with Crippen molar-refractivity contribution in [1.82, 2.24) is 25.3 Å². The van der Waals surface area contributed by atoms with Crippen LogP contribution in [0.25, 0.3) is 22.6 Å². The standard InChI is InChI=1S/C15H13ClN6O/c1-2-17-15(23)22-13-7-6-10-14(21-13)20-11(8-18-10)9-4-3-5-12(16)19-9/h3-8H,2H2,1H3,(H2,17,20,21,22,23). The highest BCUT2D eigenvalue weighted by atomic mass is 35.5. The number of nitrogens with one attached hydrogen (secondary N) is 2. The van der Waals surface area contributed by atoms with E-state index in [1.54, 1.807) is 36.5 Å². The number of nitrogens with zero attached hydrogens (tertiary/aromatic N) is 4. The summed E-state index contributed by atoms with van der Waals surface area (Å²) in [5.41, 5.74) is 2.20. The van der Waals surface area contributed by atoms with Crippen LogP contribution in [0.2, 0.25) is 5.15 Å². The van der Waals surface area contributed by atoms with Gasteiger partial charge in [-0.2, -0.15) is 0 Å². The van der Waals surface area contributed by atoms with Gasteiger partial charge in [0, 0.05) is 6.54 Å². The number of fused-ring (bicyclic) bond motifs is 1. The lowest BCUT2D eigenvalue weighted by atomic mass is 10.3. The van der Waals surface area contributed by atoms with Crippen LogP contribution in [-0.4, -0.2) is 32.5 Å². The van der Waals surface area contributed by atoms with E-state index in [4.69, 9.17) is 11.6 Å². The molecular formula is C15H13ClN6O. The van der Waals surface area contributed by atoms with Crippen LogP contribution in [0, 0.1) is 0 Å². The van der Waals surface area contributed by atoms with E-state index in [9.17, 15) is 4.79 Å². The minimum atomic E-state index is -0.319. The zero-order valence-corrected chi connectivity index (χ0v) is 13.0. The molecule has 0 aliphatic rings. The summed E-state index contributed by atoms with van der Waals surface area (Å²) in [4.78, 5) is 28.8. The number of aromatic nitrogens is 4. The Bertz CT molecular complexity index is 869. The van der Waals surface area contributed by atoms with Crippen LogP contribution in [0.15, 0.2) is 36.5 Å². The van der Waals surface area contributed by atoms with Crippen molar-refractivity contribution in [2.75, 3.05) is 11.9 Å². The van der Waals surface area contributed by atoms with Crippen LogP contribution in [0.1, 0.15) is 6.92 Å². The molecule has 0 fully saturated rings. The molecule has 2 N–H and O–H groups in total. The second-order valence-electron chi connectivity index (χ2n) is 4.62. The van der Waals surface area contributed by atoms with Crippen molar-refractivity contribution >= 4 is 34.6 Å². The minimum absolute atomic E-state index is 0.319. The van der Waals surface area contributed by atoms with Crippen LogP contribution in [0.5, 0.6) is 0 Å². The van der Waals surface area contributed by atoms with Gasteiger partial charge in [0.25, 0.3) is 0 Å². The summed E-state index contributed by atoms with van der Waals surface area (Å²) in [6.07, 6.45) is 1.61. The zero-order chi connectivity index (χ0) is 16.2. The van der Waals surface area contributed by atoms with Gasteiger partial charge < -0.3 is 5.32 Å². The molecule has 23 heavy (non-hydrogen) atoms. The molecule has 0 radical (unpaired) electrons. The van der Waals surface area contributed by atoms with Crippen molar-refractivity contribution < 1.29 is 4.79 Å². The Morgan fingerprint density at radius 3 is 2.78 bits per heavy atom. The second-order valence-corrected chi connectivity index (χ2v) is 5.01. The van der Waals surface area contributed by atoms with Gasteiger partial charge in [-0.15, -0.1) is 0 Å². The van der Waals surface area contributed by atoms with Gasteiger partial charge in [0.15, 0.2) is 5.65 Å². The first kappa shape index (κ1) is 15.1. The van der Waals surface area contributed by atoms with Gasteiger partial charge in [-0.25, -0.2) is 19.7 Å². The summed E-state index contributed by atoms with van der Waals surface area (Å²) in [5, 5.41) is 5.65. The predicted molar refractivity (Wildman–Crippen MR) is 88.3 cm³/mol. The second kappa shape index (κ2) is 6.53. The van der Waals surface area contributed by atoms with E-state index >= 15 is 0 Å². The quantitative estimate of drug-likeness (QED) is 0.721. The van der Waals surface area contributed by atoms with Gasteiger partial charge in [-0.1, -0.05) is 17.7 Å². The first-order valence-electron chi connectivity index (χ1n) is 6.97.